The van der Waals surface area contributed by atoms with E-state index in [-0.39, 0.29) is 11.8 Å². The third-order valence-corrected chi connectivity index (χ3v) is 2.96. The van der Waals surface area contributed by atoms with E-state index in [1.54, 1.807) is 0 Å². The van der Waals surface area contributed by atoms with Gasteiger partial charge in [-0.25, -0.2) is 0 Å². The second-order valence-electron chi connectivity index (χ2n) is 4.34. The molecular weight excluding hydrogens is 198 g/mol. The summed E-state index contributed by atoms with van der Waals surface area (Å²) in [6.45, 7) is 2.04. The van der Waals surface area contributed by atoms with Crippen molar-refractivity contribution in [2.24, 2.45) is 5.92 Å². The molecule has 0 unspecified atom stereocenters. The van der Waals surface area contributed by atoms with Crippen LogP contribution >= 0.6 is 0 Å². The first kappa shape index (κ1) is 10.9. The van der Waals surface area contributed by atoms with Crippen LogP contribution in [0.25, 0.3) is 0 Å². The molecule has 0 radical (unpaired) electrons. The van der Waals surface area contributed by atoms with Crippen molar-refractivity contribution in [3.05, 3.63) is 42.0 Å². The average Bonchev–Trinajstić information content (AvgIpc) is 2.33. The first-order valence-corrected chi connectivity index (χ1v) is 5.78. The molecule has 0 fully saturated rings. The van der Waals surface area contributed by atoms with Crippen molar-refractivity contribution < 1.29 is 4.79 Å². The predicted octanol–water partition coefficient (Wildman–Crippen LogP) is 3.29. The summed E-state index contributed by atoms with van der Waals surface area (Å²) in [4.78, 5) is 11.9. The first-order valence-electron chi connectivity index (χ1n) is 5.78. The summed E-state index contributed by atoms with van der Waals surface area (Å²) in [5.74, 6) is 0.291. The van der Waals surface area contributed by atoms with Crippen LogP contribution in [-0.4, -0.2) is 5.91 Å². The number of aryl methyl sites for hydroxylation is 1. The summed E-state index contributed by atoms with van der Waals surface area (Å²) in [5, 5.41) is 2.97. The largest absolute Gasteiger partial charge is 0.326 e. The second kappa shape index (κ2) is 4.97. The lowest BCUT2D eigenvalue weighted by atomic mass is 9.93. The second-order valence-corrected chi connectivity index (χ2v) is 4.34. The molecule has 0 aliphatic heterocycles. The Labute approximate surface area is 96.4 Å². The number of anilines is 1. The van der Waals surface area contributed by atoms with Crippen LogP contribution in [0.5, 0.6) is 0 Å². The number of hydrogen-bond donors (Lipinski definition) is 1. The van der Waals surface area contributed by atoms with Crippen LogP contribution in [0.15, 0.2) is 36.4 Å². The van der Waals surface area contributed by atoms with E-state index in [1.165, 1.54) is 5.56 Å². The SMILES string of the molecule is Cc1ccc(NC(=O)[C@@H]2CC=CCC2)cc1. The van der Waals surface area contributed by atoms with Crippen molar-refractivity contribution in [1.82, 2.24) is 0 Å². The van der Waals surface area contributed by atoms with E-state index >= 15 is 0 Å². The lowest BCUT2D eigenvalue weighted by molar-refractivity contribution is -0.120. The Morgan fingerprint density at radius 2 is 2.00 bits per heavy atom. The van der Waals surface area contributed by atoms with E-state index in [1.807, 2.05) is 31.2 Å². The van der Waals surface area contributed by atoms with Crippen LogP contribution in [0.1, 0.15) is 24.8 Å². The molecule has 2 heteroatoms. The van der Waals surface area contributed by atoms with Crippen molar-refractivity contribution in [2.75, 3.05) is 5.32 Å². The third kappa shape index (κ3) is 2.72. The van der Waals surface area contributed by atoms with Gasteiger partial charge in [0.15, 0.2) is 0 Å². The molecule has 0 spiro atoms. The van der Waals surface area contributed by atoms with Crippen LogP contribution in [0.4, 0.5) is 5.69 Å². The van der Waals surface area contributed by atoms with Gasteiger partial charge in [0.25, 0.3) is 0 Å². The minimum Gasteiger partial charge on any atom is -0.326 e. The lowest BCUT2D eigenvalue weighted by Gasteiger charge is -2.17. The predicted molar refractivity (Wildman–Crippen MR) is 66.3 cm³/mol. The minimum atomic E-state index is 0.145. The molecule has 1 aromatic rings. The van der Waals surface area contributed by atoms with Gasteiger partial charge in [-0.3, -0.25) is 4.79 Å². The fourth-order valence-electron chi connectivity index (χ4n) is 1.91. The molecular formula is C14H17NO. The van der Waals surface area contributed by atoms with Crippen LogP contribution in [0.2, 0.25) is 0 Å². The van der Waals surface area contributed by atoms with Crippen LogP contribution in [0.3, 0.4) is 0 Å². The van der Waals surface area contributed by atoms with Gasteiger partial charge >= 0.3 is 0 Å². The van der Waals surface area contributed by atoms with E-state index in [2.05, 4.69) is 17.5 Å². The maximum atomic E-state index is 11.9. The topological polar surface area (TPSA) is 29.1 Å². The Bertz CT molecular complexity index is 392. The number of allylic oxidation sites excluding steroid dienone is 2. The quantitative estimate of drug-likeness (QED) is 0.753. The molecule has 1 atom stereocenters. The number of hydrogen-bond acceptors (Lipinski definition) is 1. The van der Waals surface area contributed by atoms with Crippen molar-refractivity contribution in [2.45, 2.75) is 26.2 Å². The number of rotatable bonds is 2. The molecule has 1 N–H and O–H groups in total. The van der Waals surface area contributed by atoms with Crippen molar-refractivity contribution >= 4 is 11.6 Å². The Morgan fingerprint density at radius 1 is 1.25 bits per heavy atom. The van der Waals surface area contributed by atoms with Crippen molar-refractivity contribution in [3.8, 4) is 0 Å². The summed E-state index contributed by atoms with van der Waals surface area (Å²) in [6, 6.07) is 7.92. The van der Waals surface area contributed by atoms with Crippen molar-refractivity contribution in [3.63, 3.8) is 0 Å². The van der Waals surface area contributed by atoms with E-state index in [4.69, 9.17) is 0 Å². The first-order chi connectivity index (χ1) is 7.75. The Hall–Kier alpha value is -1.57. The van der Waals surface area contributed by atoms with E-state index < -0.39 is 0 Å². The highest BCUT2D eigenvalue weighted by Gasteiger charge is 2.18. The Morgan fingerprint density at radius 3 is 2.62 bits per heavy atom. The van der Waals surface area contributed by atoms with Gasteiger partial charge in [0.1, 0.15) is 0 Å². The van der Waals surface area contributed by atoms with Gasteiger partial charge in [-0.2, -0.15) is 0 Å². The summed E-state index contributed by atoms with van der Waals surface area (Å²) in [5.41, 5.74) is 2.10. The van der Waals surface area contributed by atoms with E-state index in [9.17, 15) is 4.79 Å². The monoisotopic (exact) mass is 215 g/mol. The highest BCUT2D eigenvalue weighted by molar-refractivity contribution is 5.92. The molecule has 0 aromatic heterocycles. The fraction of sp³-hybridized carbons (Fsp3) is 0.357. The minimum absolute atomic E-state index is 0.145. The highest BCUT2D eigenvalue weighted by atomic mass is 16.1. The van der Waals surface area contributed by atoms with Gasteiger partial charge in [0.2, 0.25) is 5.91 Å². The maximum Gasteiger partial charge on any atom is 0.227 e. The van der Waals surface area contributed by atoms with Gasteiger partial charge in [-0.15, -0.1) is 0 Å². The molecule has 1 aromatic carbocycles. The van der Waals surface area contributed by atoms with E-state index in [0.717, 1.165) is 24.9 Å². The Balaban J connectivity index is 1.96. The molecule has 2 nitrogen and oxygen atoms in total. The number of nitrogens with one attached hydrogen (secondary N) is 1. The summed E-state index contributed by atoms with van der Waals surface area (Å²) in [7, 11) is 0. The molecule has 1 aliphatic rings. The summed E-state index contributed by atoms with van der Waals surface area (Å²) >= 11 is 0. The van der Waals surface area contributed by atoms with Gasteiger partial charge in [0.05, 0.1) is 0 Å². The zero-order chi connectivity index (χ0) is 11.4. The van der Waals surface area contributed by atoms with Gasteiger partial charge in [-0.1, -0.05) is 29.8 Å². The summed E-state index contributed by atoms with van der Waals surface area (Å²) < 4.78 is 0. The number of benzene rings is 1. The molecule has 0 heterocycles. The van der Waals surface area contributed by atoms with E-state index in [0.29, 0.717) is 0 Å². The van der Waals surface area contributed by atoms with Crippen LogP contribution in [0, 0.1) is 12.8 Å². The summed E-state index contributed by atoms with van der Waals surface area (Å²) in [6.07, 6.45) is 7.11. The molecule has 1 aliphatic carbocycles. The Kier molecular flexibility index (Phi) is 3.40. The molecule has 16 heavy (non-hydrogen) atoms. The standard InChI is InChI=1S/C14H17NO/c1-11-7-9-13(10-8-11)15-14(16)12-5-3-2-4-6-12/h2-3,7-10,12H,4-6H2,1H3,(H,15,16)/t12-/m1/s1. The van der Waals surface area contributed by atoms with Gasteiger partial charge in [0, 0.05) is 11.6 Å². The molecule has 84 valence electrons. The molecule has 0 saturated carbocycles. The molecule has 2 rings (SSSR count). The highest BCUT2D eigenvalue weighted by Crippen LogP contribution is 2.20. The van der Waals surface area contributed by atoms with Gasteiger partial charge < -0.3 is 5.32 Å². The zero-order valence-electron chi connectivity index (χ0n) is 9.57. The molecule has 0 saturated heterocycles. The van der Waals surface area contributed by atoms with Gasteiger partial charge in [-0.05, 0) is 38.3 Å². The maximum absolute atomic E-state index is 11.9. The molecule has 1 amide bonds. The number of carbonyl (C=O) groups is 1. The zero-order valence-corrected chi connectivity index (χ0v) is 9.57. The van der Waals surface area contributed by atoms with Crippen LogP contribution in [-0.2, 0) is 4.79 Å². The number of amides is 1. The molecule has 0 bridgehead atoms. The van der Waals surface area contributed by atoms with Crippen LogP contribution < -0.4 is 5.32 Å². The smallest absolute Gasteiger partial charge is 0.227 e. The fourth-order valence-corrected chi connectivity index (χ4v) is 1.91. The normalized spacial score (nSPS) is 19.4. The lowest BCUT2D eigenvalue weighted by Crippen LogP contribution is -2.23. The number of carbonyl (C=O) groups excluding carboxylic acids is 1. The van der Waals surface area contributed by atoms with Crippen molar-refractivity contribution in [1.29, 1.82) is 0 Å². The third-order valence-electron chi connectivity index (χ3n) is 2.96. The average molecular weight is 215 g/mol.